The van der Waals surface area contributed by atoms with Crippen LogP contribution < -0.4 is 16.4 Å². The van der Waals surface area contributed by atoms with Gasteiger partial charge >= 0.3 is 0 Å². The Kier molecular flexibility index (Phi) is 7.07. The fourth-order valence-corrected chi connectivity index (χ4v) is 2.91. The summed E-state index contributed by atoms with van der Waals surface area (Å²) >= 11 is 0. The average molecular weight is 371 g/mol. The minimum atomic E-state index is -0.552. The first-order chi connectivity index (χ1) is 12.9. The lowest BCUT2D eigenvalue weighted by molar-refractivity contribution is -0.131. The summed E-state index contributed by atoms with van der Waals surface area (Å²) < 4.78 is 13.3. The van der Waals surface area contributed by atoms with E-state index in [-0.39, 0.29) is 11.5 Å². The molecule has 0 aliphatic rings. The van der Waals surface area contributed by atoms with Crippen molar-refractivity contribution in [1.82, 2.24) is 5.32 Å². The number of carbonyl (C=O) groups excluding carboxylic acids is 2. The van der Waals surface area contributed by atoms with Crippen LogP contribution in [-0.2, 0) is 11.3 Å². The van der Waals surface area contributed by atoms with Crippen molar-refractivity contribution in [1.29, 1.82) is 0 Å². The van der Waals surface area contributed by atoms with Gasteiger partial charge < -0.3 is 16.4 Å². The summed E-state index contributed by atoms with van der Waals surface area (Å²) in [6, 6.07) is 12.7. The number of rotatable bonds is 8. The van der Waals surface area contributed by atoms with E-state index < -0.39 is 17.1 Å². The zero-order valence-electron chi connectivity index (χ0n) is 15.7. The summed E-state index contributed by atoms with van der Waals surface area (Å²) in [7, 11) is 0. The quantitative estimate of drug-likeness (QED) is 0.664. The molecule has 0 radical (unpaired) electrons. The number of anilines is 1. The van der Waals surface area contributed by atoms with Crippen molar-refractivity contribution in [3.63, 3.8) is 0 Å². The summed E-state index contributed by atoms with van der Waals surface area (Å²) in [4.78, 5) is 24.7. The van der Waals surface area contributed by atoms with E-state index in [0.717, 1.165) is 5.56 Å². The highest BCUT2D eigenvalue weighted by Crippen LogP contribution is 2.25. The fourth-order valence-electron chi connectivity index (χ4n) is 2.91. The molecule has 2 rings (SSSR count). The van der Waals surface area contributed by atoms with Gasteiger partial charge in [-0.3, -0.25) is 9.59 Å². The van der Waals surface area contributed by atoms with E-state index in [4.69, 9.17) is 5.73 Å². The van der Waals surface area contributed by atoms with Crippen LogP contribution in [0.3, 0.4) is 0 Å². The van der Waals surface area contributed by atoms with Gasteiger partial charge in [-0.15, -0.1) is 0 Å². The highest BCUT2D eigenvalue weighted by Gasteiger charge is 2.32. The predicted molar refractivity (Wildman–Crippen MR) is 105 cm³/mol. The van der Waals surface area contributed by atoms with E-state index in [1.54, 1.807) is 24.3 Å². The molecule has 0 bridgehead atoms. The molecular weight excluding hydrogens is 345 g/mol. The average Bonchev–Trinajstić information content (AvgIpc) is 2.68. The number of nitrogens with two attached hydrogens (primary N) is 1. The van der Waals surface area contributed by atoms with E-state index in [1.807, 2.05) is 19.9 Å². The van der Waals surface area contributed by atoms with Crippen LogP contribution in [0, 0.1) is 11.2 Å². The molecule has 0 saturated carbocycles. The van der Waals surface area contributed by atoms with Gasteiger partial charge in [0.05, 0.1) is 5.41 Å². The third-order valence-corrected chi connectivity index (χ3v) is 4.95. The van der Waals surface area contributed by atoms with Crippen LogP contribution >= 0.6 is 0 Å². The molecule has 5 nitrogen and oxygen atoms in total. The van der Waals surface area contributed by atoms with E-state index in [1.165, 1.54) is 18.2 Å². The number of carbonyl (C=O) groups is 2. The molecule has 2 aromatic rings. The molecule has 0 saturated heterocycles. The fraction of sp³-hybridized carbons (Fsp3) is 0.333. The van der Waals surface area contributed by atoms with Gasteiger partial charge in [0.1, 0.15) is 5.82 Å². The molecule has 144 valence electrons. The molecule has 0 spiro atoms. The first-order valence-corrected chi connectivity index (χ1v) is 9.08. The summed E-state index contributed by atoms with van der Waals surface area (Å²) in [5.74, 6) is -0.923. The van der Waals surface area contributed by atoms with Crippen molar-refractivity contribution >= 4 is 17.5 Å². The molecule has 0 heterocycles. The van der Waals surface area contributed by atoms with Crippen molar-refractivity contribution in [3.8, 4) is 0 Å². The Hall–Kier alpha value is -2.73. The lowest BCUT2D eigenvalue weighted by Gasteiger charge is -2.28. The summed E-state index contributed by atoms with van der Waals surface area (Å²) in [5.41, 5.74) is 6.92. The topological polar surface area (TPSA) is 84.2 Å². The first kappa shape index (κ1) is 20.6. The van der Waals surface area contributed by atoms with Crippen LogP contribution in [0.4, 0.5) is 10.1 Å². The maximum atomic E-state index is 13.3. The highest BCUT2D eigenvalue weighted by molar-refractivity contribution is 6.04. The molecule has 6 heteroatoms. The molecule has 27 heavy (non-hydrogen) atoms. The molecule has 0 unspecified atom stereocenters. The van der Waals surface area contributed by atoms with Gasteiger partial charge in [-0.2, -0.15) is 0 Å². The third-order valence-electron chi connectivity index (χ3n) is 4.95. The molecule has 0 atom stereocenters. The van der Waals surface area contributed by atoms with E-state index in [9.17, 15) is 14.0 Å². The predicted octanol–water partition coefficient (Wildman–Crippen LogP) is 3.46. The SMILES string of the molecule is CCC(CC)(CN)C(=O)NCc1cccc(NC(=O)c2cccc(F)c2)c1. The van der Waals surface area contributed by atoms with E-state index in [2.05, 4.69) is 10.6 Å². The Morgan fingerprint density at radius 2 is 1.78 bits per heavy atom. The standard InChI is InChI=1S/C21H26FN3O2/c1-3-21(4-2,14-23)20(27)24-13-15-7-5-10-18(11-15)25-19(26)16-8-6-9-17(22)12-16/h5-12H,3-4,13-14,23H2,1-2H3,(H,24,27)(H,25,26). The normalized spacial score (nSPS) is 11.1. The van der Waals surface area contributed by atoms with Gasteiger partial charge in [0.15, 0.2) is 0 Å². The van der Waals surface area contributed by atoms with Gasteiger partial charge in [-0.05, 0) is 48.7 Å². The molecule has 0 fully saturated rings. The smallest absolute Gasteiger partial charge is 0.255 e. The molecular formula is C21H26FN3O2. The molecule has 0 aliphatic carbocycles. The zero-order chi connectivity index (χ0) is 19.9. The van der Waals surface area contributed by atoms with Gasteiger partial charge in [-0.25, -0.2) is 4.39 Å². The minimum absolute atomic E-state index is 0.0656. The third kappa shape index (κ3) is 5.14. The van der Waals surface area contributed by atoms with E-state index in [0.29, 0.717) is 31.6 Å². The van der Waals surface area contributed by atoms with Crippen LogP contribution in [-0.4, -0.2) is 18.4 Å². The number of hydrogen-bond donors (Lipinski definition) is 3. The second-order valence-electron chi connectivity index (χ2n) is 6.54. The second kappa shape index (κ2) is 9.28. The Bertz CT molecular complexity index is 795. The Morgan fingerprint density at radius 1 is 1.07 bits per heavy atom. The molecule has 0 aliphatic heterocycles. The number of amides is 2. The van der Waals surface area contributed by atoms with Gasteiger partial charge in [0, 0.05) is 24.3 Å². The van der Waals surface area contributed by atoms with Crippen LogP contribution in [0.1, 0.15) is 42.6 Å². The number of hydrogen-bond acceptors (Lipinski definition) is 3. The summed E-state index contributed by atoms with van der Waals surface area (Å²) in [5, 5.41) is 5.67. The number of nitrogens with one attached hydrogen (secondary N) is 2. The Balaban J connectivity index is 2.03. The Labute approximate surface area is 159 Å². The number of halogens is 1. The molecule has 2 amide bonds. The van der Waals surface area contributed by atoms with Crippen molar-refractivity contribution < 1.29 is 14.0 Å². The highest BCUT2D eigenvalue weighted by atomic mass is 19.1. The Morgan fingerprint density at radius 3 is 2.41 bits per heavy atom. The van der Waals surface area contributed by atoms with Gasteiger partial charge in [0.2, 0.25) is 5.91 Å². The van der Waals surface area contributed by atoms with Crippen LogP contribution in [0.5, 0.6) is 0 Å². The maximum Gasteiger partial charge on any atom is 0.255 e. The minimum Gasteiger partial charge on any atom is -0.352 e. The van der Waals surface area contributed by atoms with Crippen molar-refractivity contribution in [3.05, 3.63) is 65.5 Å². The zero-order valence-corrected chi connectivity index (χ0v) is 15.7. The largest absolute Gasteiger partial charge is 0.352 e. The maximum absolute atomic E-state index is 13.3. The monoisotopic (exact) mass is 371 g/mol. The molecule has 0 aromatic heterocycles. The lowest BCUT2D eigenvalue weighted by atomic mass is 9.81. The van der Waals surface area contributed by atoms with Crippen LogP contribution in [0.2, 0.25) is 0 Å². The number of benzene rings is 2. The van der Waals surface area contributed by atoms with Crippen molar-refractivity contribution in [2.45, 2.75) is 33.2 Å². The van der Waals surface area contributed by atoms with Crippen LogP contribution in [0.15, 0.2) is 48.5 Å². The summed E-state index contributed by atoms with van der Waals surface area (Å²) in [6.45, 7) is 4.55. The summed E-state index contributed by atoms with van der Waals surface area (Å²) in [6.07, 6.45) is 1.35. The second-order valence-corrected chi connectivity index (χ2v) is 6.54. The first-order valence-electron chi connectivity index (χ1n) is 9.08. The molecule has 2 aromatic carbocycles. The molecule has 4 N–H and O–H groups in total. The van der Waals surface area contributed by atoms with Crippen molar-refractivity contribution in [2.24, 2.45) is 11.1 Å². The van der Waals surface area contributed by atoms with E-state index >= 15 is 0 Å². The van der Waals surface area contributed by atoms with Gasteiger partial charge in [0.25, 0.3) is 5.91 Å². The van der Waals surface area contributed by atoms with Crippen molar-refractivity contribution in [2.75, 3.05) is 11.9 Å². The van der Waals surface area contributed by atoms with Gasteiger partial charge in [-0.1, -0.05) is 32.0 Å². The van der Waals surface area contributed by atoms with Crippen LogP contribution in [0.25, 0.3) is 0 Å². The lowest BCUT2D eigenvalue weighted by Crippen LogP contribution is -2.45.